The molecule has 0 aromatic carbocycles. The summed E-state index contributed by atoms with van der Waals surface area (Å²) in [5.74, 6) is 0. The lowest BCUT2D eigenvalue weighted by molar-refractivity contribution is -0.0165. The monoisotopic (exact) mass is 215 g/mol. The first-order valence-electron chi connectivity index (χ1n) is 6.12. The average molecular weight is 215 g/mol. The summed E-state index contributed by atoms with van der Waals surface area (Å²) >= 11 is 0. The lowest BCUT2D eigenvalue weighted by atomic mass is 10.0. The van der Waals surface area contributed by atoms with Crippen molar-refractivity contribution in [2.75, 3.05) is 33.4 Å². The van der Waals surface area contributed by atoms with Crippen molar-refractivity contribution in [2.45, 2.75) is 45.3 Å². The van der Waals surface area contributed by atoms with Crippen LogP contribution in [0.4, 0.5) is 0 Å². The summed E-state index contributed by atoms with van der Waals surface area (Å²) in [6, 6.07) is 0.635. The van der Waals surface area contributed by atoms with Crippen molar-refractivity contribution in [2.24, 2.45) is 0 Å². The van der Waals surface area contributed by atoms with Gasteiger partial charge >= 0.3 is 0 Å². The minimum absolute atomic E-state index is 0.485. The molecule has 0 radical (unpaired) electrons. The molecule has 0 aromatic heterocycles. The molecule has 0 aliphatic carbocycles. The maximum atomic E-state index is 5.80. The summed E-state index contributed by atoms with van der Waals surface area (Å²) in [6.45, 7) is 8.41. The standard InChI is InChI=1S/C12H25NO2/c1-4-8-15-12-5-6-13(7-9-14-3)11(2)10-12/h11-12H,4-10H2,1-3H3. The van der Waals surface area contributed by atoms with Gasteiger partial charge in [-0.25, -0.2) is 0 Å². The predicted molar refractivity (Wildman–Crippen MR) is 62.2 cm³/mol. The smallest absolute Gasteiger partial charge is 0.0602 e. The third-order valence-electron chi connectivity index (χ3n) is 3.11. The molecule has 3 nitrogen and oxygen atoms in total. The Labute approximate surface area is 93.7 Å². The van der Waals surface area contributed by atoms with Crippen LogP contribution >= 0.6 is 0 Å². The van der Waals surface area contributed by atoms with Crippen LogP contribution < -0.4 is 0 Å². The molecule has 15 heavy (non-hydrogen) atoms. The number of nitrogens with zero attached hydrogens (tertiary/aromatic N) is 1. The van der Waals surface area contributed by atoms with E-state index in [0.29, 0.717) is 12.1 Å². The largest absolute Gasteiger partial charge is 0.383 e. The normalized spacial score (nSPS) is 28.2. The average Bonchev–Trinajstić information content (AvgIpc) is 2.25. The van der Waals surface area contributed by atoms with Gasteiger partial charge in [-0.2, -0.15) is 0 Å². The molecule has 3 heteroatoms. The van der Waals surface area contributed by atoms with Gasteiger partial charge in [-0.1, -0.05) is 6.92 Å². The molecule has 1 heterocycles. The van der Waals surface area contributed by atoms with Gasteiger partial charge in [0.2, 0.25) is 0 Å². The Bertz CT molecular complexity index is 164. The second-order valence-electron chi connectivity index (χ2n) is 4.39. The first-order valence-corrected chi connectivity index (χ1v) is 6.12. The van der Waals surface area contributed by atoms with E-state index in [1.54, 1.807) is 7.11 Å². The Morgan fingerprint density at radius 2 is 2.13 bits per heavy atom. The van der Waals surface area contributed by atoms with Gasteiger partial charge < -0.3 is 9.47 Å². The molecular formula is C12H25NO2. The fraction of sp³-hybridized carbons (Fsp3) is 1.00. The molecule has 90 valence electrons. The minimum Gasteiger partial charge on any atom is -0.383 e. The number of rotatable bonds is 6. The Hall–Kier alpha value is -0.120. The van der Waals surface area contributed by atoms with Crippen LogP contribution in [0.25, 0.3) is 0 Å². The summed E-state index contributed by atoms with van der Waals surface area (Å²) in [6.07, 6.45) is 3.95. The number of likely N-dealkylation sites (tertiary alicyclic amines) is 1. The van der Waals surface area contributed by atoms with Crippen LogP contribution in [-0.4, -0.2) is 50.5 Å². The van der Waals surface area contributed by atoms with Crippen LogP contribution in [0.15, 0.2) is 0 Å². The number of ether oxygens (including phenoxy) is 2. The van der Waals surface area contributed by atoms with Gasteiger partial charge in [0.15, 0.2) is 0 Å². The minimum atomic E-state index is 0.485. The molecule has 0 amide bonds. The summed E-state index contributed by atoms with van der Waals surface area (Å²) in [5.41, 5.74) is 0. The molecular weight excluding hydrogens is 190 g/mol. The summed E-state index contributed by atoms with van der Waals surface area (Å²) in [4.78, 5) is 2.50. The quantitative estimate of drug-likeness (QED) is 0.675. The van der Waals surface area contributed by atoms with Crippen LogP contribution in [0.2, 0.25) is 0 Å². The molecule has 2 unspecified atom stereocenters. The lowest BCUT2D eigenvalue weighted by Crippen LogP contribution is -2.44. The highest BCUT2D eigenvalue weighted by molar-refractivity contribution is 4.79. The van der Waals surface area contributed by atoms with Crippen molar-refractivity contribution in [3.05, 3.63) is 0 Å². The Kier molecular flexibility index (Phi) is 6.22. The third kappa shape index (κ3) is 4.49. The second-order valence-corrected chi connectivity index (χ2v) is 4.39. The van der Waals surface area contributed by atoms with Gasteiger partial charge in [0.25, 0.3) is 0 Å². The highest BCUT2D eigenvalue weighted by Gasteiger charge is 2.25. The zero-order chi connectivity index (χ0) is 11.1. The highest BCUT2D eigenvalue weighted by atomic mass is 16.5. The topological polar surface area (TPSA) is 21.7 Å². The Morgan fingerprint density at radius 3 is 2.73 bits per heavy atom. The number of hydrogen-bond acceptors (Lipinski definition) is 3. The molecule has 1 aliphatic heterocycles. The van der Waals surface area contributed by atoms with Gasteiger partial charge in [-0.3, -0.25) is 4.90 Å². The van der Waals surface area contributed by atoms with Crippen LogP contribution in [0.1, 0.15) is 33.1 Å². The van der Waals surface area contributed by atoms with E-state index in [1.165, 1.54) is 12.8 Å². The van der Waals surface area contributed by atoms with Crippen molar-refractivity contribution in [3.63, 3.8) is 0 Å². The Morgan fingerprint density at radius 1 is 1.33 bits per heavy atom. The van der Waals surface area contributed by atoms with E-state index < -0.39 is 0 Å². The number of hydrogen-bond donors (Lipinski definition) is 0. The van der Waals surface area contributed by atoms with Crippen molar-refractivity contribution in [3.8, 4) is 0 Å². The fourth-order valence-corrected chi connectivity index (χ4v) is 2.15. The van der Waals surface area contributed by atoms with Crippen molar-refractivity contribution < 1.29 is 9.47 Å². The van der Waals surface area contributed by atoms with E-state index in [9.17, 15) is 0 Å². The molecule has 1 fully saturated rings. The molecule has 1 saturated heterocycles. The first kappa shape index (κ1) is 12.9. The van der Waals surface area contributed by atoms with Gasteiger partial charge in [-0.05, 0) is 26.2 Å². The van der Waals surface area contributed by atoms with Gasteiger partial charge in [0.1, 0.15) is 0 Å². The molecule has 0 saturated carbocycles. The first-order chi connectivity index (χ1) is 7.27. The molecule has 2 atom stereocenters. The Balaban J connectivity index is 2.21. The summed E-state index contributed by atoms with van der Waals surface area (Å²) in [5, 5.41) is 0. The molecule has 1 aliphatic rings. The highest BCUT2D eigenvalue weighted by Crippen LogP contribution is 2.19. The number of piperidine rings is 1. The summed E-state index contributed by atoms with van der Waals surface area (Å²) in [7, 11) is 1.77. The fourth-order valence-electron chi connectivity index (χ4n) is 2.15. The zero-order valence-electron chi connectivity index (χ0n) is 10.4. The van der Waals surface area contributed by atoms with Gasteiger partial charge in [0, 0.05) is 32.8 Å². The van der Waals surface area contributed by atoms with E-state index in [4.69, 9.17) is 9.47 Å². The van der Waals surface area contributed by atoms with Crippen LogP contribution in [0, 0.1) is 0 Å². The molecule has 0 spiro atoms. The van der Waals surface area contributed by atoms with Crippen molar-refractivity contribution >= 4 is 0 Å². The van der Waals surface area contributed by atoms with Crippen molar-refractivity contribution in [1.29, 1.82) is 0 Å². The SMILES string of the molecule is CCCOC1CCN(CCOC)C(C)C1. The van der Waals surface area contributed by atoms with E-state index in [2.05, 4.69) is 18.7 Å². The molecule has 1 rings (SSSR count). The zero-order valence-corrected chi connectivity index (χ0v) is 10.4. The van der Waals surface area contributed by atoms with Crippen molar-refractivity contribution in [1.82, 2.24) is 4.90 Å². The lowest BCUT2D eigenvalue weighted by Gasteiger charge is -2.37. The predicted octanol–water partition coefficient (Wildman–Crippen LogP) is 1.91. The van der Waals surface area contributed by atoms with E-state index in [1.807, 2.05) is 0 Å². The van der Waals surface area contributed by atoms with E-state index in [0.717, 1.165) is 32.7 Å². The maximum Gasteiger partial charge on any atom is 0.0602 e. The number of methoxy groups -OCH3 is 1. The van der Waals surface area contributed by atoms with E-state index in [-0.39, 0.29) is 0 Å². The van der Waals surface area contributed by atoms with Crippen LogP contribution in [0.3, 0.4) is 0 Å². The van der Waals surface area contributed by atoms with Crippen LogP contribution in [0.5, 0.6) is 0 Å². The molecule has 0 bridgehead atoms. The van der Waals surface area contributed by atoms with Gasteiger partial charge in [-0.15, -0.1) is 0 Å². The van der Waals surface area contributed by atoms with Crippen LogP contribution in [-0.2, 0) is 9.47 Å². The molecule has 0 aromatic rings. The maximum absolute atomic E-state index is 5.80. The second kappa shape index (κ2) is 7.20. The molecule has 0 N–H and O–H groups in total. The van der Waals surface area contributed by atoms with Gasteiger partial charge in [0.05, 0.1) is 12.7 Å². The summed E-state index contributed by atoms with van der Waals surface area (Å²) < 4.78 is 10.9. The van der Waals surface area contributed by atoms with E-state index >= 15 is 0 Å². The third-order valence-corrected chi connectivity index (χ3v) is 3.11.